The van der Waals surface area contributed by atoms with Gasteiger partial charge in [0.05, 0.1) is 18.0 Å². The lowest BCUT2D eigenvalue weighted by molar-refractivity contribution is 0.0480. The number of nitrogens with zero attached hydrogens (tertiary/aromatic N) is 7. The molecule has 0 radical (unpaired) electrons. The van der Waals surface area contributed by atoms with Crippen LogP contribution in [0.4, 0.5) is 15.7 Å². The second-order valence-electron chi connectivity index (χ2n) is 10.4. The first-order valence-corrected chi connectivity index (χ1v) is 16.3. The van der Waals surface area contributed by atoms with Crippen LogP contribution in [0.15, 0.2) is 18.6 Å². The molecule has 11 nitrogen and oxygen atoms in total. The normalized spacial score (nSPS) is 20.0. The number of urea groups is 1. The Balaban J connectivity index is 1.25. The molecular formula is C22H32N8O3SSi. The summed E-state index contributed by atoms with van der Waals surface area (Å²) in [6.07, 6.45) is 5.50. The Kier molecular flexibility index (Phi) is 6.40. The lowest BCUT2D eigenvalue weighted by Gasteiger charge is -2.50. The Morgan fingerprint density at radius 3 is 2.80 bits per heavy atom. The molecule has 1 unspecified atom stereocenters. The van der Waals surface area contributed by atoms with Crippen LogP contribution in [-0.2, 0) is 11.5 Å². The van der Waals surface area contributed by atoms with Gasteiger partial charge in [0.15, 0.2) is 0 Å². The zero-order valence-electron chi connectivity index (χ0n) is 20.7. The van der Waals surface area contributed by atoms with Gasteiger partial charge in [0.25, 0.3) is 0 Å². The van der Waals surface area contributed by atoms with Crippen molar-refractivity contribution in [2.45, 2.75) is 50.8 Å². The summed E-state index contributed by atoms with van der Waals surface area (Å²) in [6, 6.07) is 3.31. The zero-order valence-corrected chi connectivity index (χ0v) is 22.5. The zero-order chi connectivity index (χ0) is 24.6. The molecule has 2 fully saturated rings. The maximum Gasteiger partial charge on any atom is 0.329 e. The Morgan fingerprint density at radius 1 is 1.26 bits per heavy atom. The van der Waals surface area contributed by atoms with Crippen molar-refractivity contribution in [1.29, 1.82) is 0 Å². The van der Waals surface area contributed by atoms with E-state index in [9.17, 15) is 4.79 Å². The number of anilines is 2. The first kappa shape index (κ1) is 23.9. The van der Waals surface area contributed by atoms with Crippen molar-refractivity contribution < 1.29 is 14.3 Å². The molecule has 0 aliphatic carbocycles. The summed E-state index contributed by atoms with van der Waals surface area (Å²) in [5.74, 6) is 0.911. The van der Waals surface area contributed by atoms with E-state index in [0.29, 0.717) is 11.9 Å². The smallest absolute Gasteiger partial charge is 0.329 e. The van der Waals surface area contributed by atoms with Gasteiger partial charge in [0, 0.05) is 52.0 Å². The average Bonchev–Trinajstić information content (AvgIpc) is 3.54. The van der Waals surface area contributed by atoms with E-state index in [1.807, 2.05) is 15.7 Å². The van der Waals surface area contributed by atoms with Crippen molar-refractivity contribution in [1.82, 2.24) is 28.8 Å². The second-order valence-corrected chi connectivity index (χ2v) is 16.8. The molecule has 1 spiro atoms. The largest absolute Gasteiger partial charge is 0.466 e. The predicted octanol–water partition coefficient (Wildman–Crippen LogP) is 3.49. The molecule has 2 aliphatic rings. The summed E-state index contributed by atoms with van der Waals surface area (Å²) in [4.78, 5) is 30.4. The summed E-state index contributed by atoms with van der Waals surface area (Å²) >= 11 is 1.11. The summed E-state index contributed by atoms with van der Waals surface area (Å²) in [6.45, 7) is 10.6. The van der Waals surface area contributed by atoms with Crippen LogP contribution in [0.5, 0.6) is 6.01 Å². The molecule has 5 heterocycles. The maximum absolute atomic E-state index is 13.0. The molecule has 0 saturated carbocycles. The fourth-order valence-electron chi connectivity index (χ4n) is 4.71. The summed E-state index contributed by atoms with van der Waals surface area (Å²) < 4.78 is 17.0. The van der Waals surface area contributed by atoms with Gasteiger partial charge in [-0.3, -0.25) is 5.32 Å². The van der Waals surface area contributed by atoms with E-state index < -0.39 is 8.07 Å². The fraction of sp³-hybridized carbons (Fsp3) is 0.591. The van der Waals surface area contributed by atoms with Crippen LogP contribution in [-0.4, -0.2) is 81.8 Å². The van der Waals surface area contributed by atoms with Crippen molar-refractivity contribution in [3.8, 4) is 6.01 Å². The van der Waals surface area contributed by atoms with Gasteiger partial charge in [-0.05, 0) is 25.0 Å². The van der Waals surface area contributed by atoms with E-state index in [1.165, 1.54) is 7.11 Å². The van der Waals surface area contributed by atoms with Crippen LogP contribution < -0.4 is 15.0 Å². The highest BCUT2D eigenvalue weighted by atomic mass is 32.1. The molecule has 2 amide bonds. The number of likely N-dealkylation sites (tertiary alicyclic amines) is 1. The fourth-order valence-corrected chi connectivity index (χ4v) is 6.00. The summed E-state index contributed by atoms with van der Waals surface area (Å²) in [5, 5.41) is 4.31. The number of ether oxygens (including phenoxy) is 2. The molecule has 0 bridgehead atoms. The van der Waals surface area contributed by atoms with Crippen LogP contribution in [0.3, 0.4) is 0 Å². The molecule has 3 aromatic rings. The number of fused-ring (bicyclic) bond motifs is 1. The number of hydrogen-bond acceptors (Lipinski definition) is 9. The number of methoxy groups -OCH3 is 1. The van der Waals surface area contributed by atoms with Crippen LogP contribution in [0.1, 0.15) is 12.8 Å². The van der Waals surface area contributed by atoms with Gasteiger partial charge in [0.2, 0.25) is 5.13 Å². The minimum absolute atomic E-state index is 0.147. The Morgan fingerprint density at radius 2 is 2.09 bits per heavy atom. The van der Waals surface area contributed by atoms with Gasteiger partial charge >= 0.3 is 12.0 Å². The predicted molar refractivity (Wildman–Crippen MR) is 138 cm³/mol. The molecule has 1 N–H and O–H groups in total. The van der Waals surface area contributed by atoms with E-state index in [0.717, 1.165) is 73.5 Å². The lowest BCUT2D eigenvalue weighted by atomic mass is 9.84. The molecule has 13 heteroatoms. The molecule has 35 heavy (non-hydrogen) atoms. The lowest BCUT2D eigenvalue weighted by Crippen LogP contribution is -2.64. The van der Waals surface area contributed by atoms with Gasteiger partial charge in [-0.25, -0.2) is 14.8 Å². The van der Waals surface area contributed by atoms with E-state index in [1.54, 1.807) is 6.33 Å². The van der Waals surface area contributed by atoms with Crippen molar-refractivity contribution in [3.05, 3.63) is 18.6 Å². The van der Waals surface area contributed by atoms with Crippen molar-refractivity contribution in [3.63, 3.8) is 0 Å². The van der Waals surface area contributed by atoms with Gasteiger partial charge in [0.1, 0.15) is 24.5 Å². The molecule has 5 rings (SSSR count). The van der Waals surface area contributed by atoms with Gasteiger partial charge in [-0.1, -0.05) is 19.6 Å². The number of hydrogen-bond donors (Lipinski definition) is 1. The van der Waals surface area contributed by atoms with Crippen molar-refractivity contribution in [2.75, 3.05) is 43.6 Å². The third-order valence-electron chi connectivity index (χ3n) is 6.82. The third-order valence-corrected chi connectivity index (χ3v) is 9.13. The first-order chi connectivity index (χ1) is 16.8. The molecule has 0 aromatic carbocycles. The number of nitrogens with one attached hydrogen (secondary N) is 1. The standard InChI is InChI=1S/C22H32N8O3SSi/c1-32-19-25-20(34-27-19)26-21(31)30-10-7-22(30)6-9-28(13-22)17-16-5-8-29(18(16)24-14-23-17)15-33-11-12-35(2,3)4/h5,8,14H,6-7,9-13,15H2,1-4H3,(H,25,26,27,31). The number of carbonyl (C=O) groups excluding carboxylic acids is 1. The minimum atomic E-state index is -1.12. The van der Waals surface area contributed by atoms with E-state index in [-0.39, 0.29) is 17.6 Å². The van der Waals surface area contributed by atoms with E-state index >= 15 is 0 Å². The van der Waals surface area contributed by atoms with E-state index in [4.69, 9.17) is 9.47 Å². The maximum atomic E-state index is 13.0. The van der Waals surface area contributed by atoms with Gasteiger partial charge in [-0.15, -0.1) is 4.37 Å². The van der Waals surface area contributed by atoms with Crippen LogP contribution in [0.2, 0.25) is 25.7 Å². The molecule has 1 atom stereocenters. The summed E-state index contributed by atoms with van der Waals surface area (Å²) in [7, 11) is 0.386. The SMILES string of the molecule is COc1nsc(NC(=O)N2CCC23CCN(c2ncnc4c2ccn4COCC[Si](C)(C)C)C3)n1. The minimum Gasteiger partial charge on any atom is -0.466 e. The highest BCUT2D eigenvalue weighted by Crippen LogP contribution is 2.41. The second kappa shape index (κ2) is 9.35. The molecule has 2 saturated heterocycles. The highest BCUT2D eigenvalue weighted by molar-refractivity contribution is 7.10. The van der Waals surface area contributed by atoms with E-state index in [2.05, 4.69) is 55.2 Å². The first-order valence-electron chi connectivity index (χ1n) is 11.9. The van der Waals surface area contributed by atoms with Gasteiger partial charge in [-0.2, -0.15) is 4.98 Å². The van der Waals surface area contributed by atoms with Crippen LogP contribution in [0.25, 0.3) is 11.0 Å². The average molecular weight is 517 g/mol. The number of carbonyl (C=O) groups is 1. The monoisotopic (exact) mass is 516 g/mol. The number of aromatic nitrogens is 5. The third kappa shape index (κ3) is 4.84. The Labute approximate surface area is 209 Å². The van der Waals surface area contributed by atoms with Gasteiger partial charge < -0.3 is 23.8 Å². The summed E-state index contributed by atoms with van der Waals surface area (Å²) in [5.41, 5.74) is 0.677. The van der Waals surface area contributed by atoms with Crippen LogP contribution >= 0.6 is 11.5 Å². The Hall–Kier alpha value is -2.77. The highest BCUT2D eigenvalue weighted by Gasteiger charge is 2.52. The quantitative estimate of drug-likeness (QED) is 0.358. The van der Waals surface area contributed by atoms with Crippen molar-refractivity contribution in [2.24, 2.45) is 0 Å². The Bertz CT molecular complexity index is 1210. The van der Waals surface area contributed by atoms with Crippen molar-refractivity contribution >= 4 is 47.6 Å². The van der Waals surface area contributed by atoms with Crippen LogP contribution in [0, 0.1) is 0 Å². The topological polar surface area (TPSA) is 111 Å². The molecule has 2 aliphatic heterocycles. The number of rotatable bonds is 8. The molecular weight excluding hydrogens is 484 g/mol. The molecule has 3 aromatic heterocycles. The number of amides is 2. The molecule has 188 valence electrons.